The number of aryl methyl sites for hydroxylation is 1. The van der Waals surface area contributed by atoms with E-state index >= 15 is 0 Å². The van der Waals surface area contributed by atoms with E-state index in [1.165, 1.54) is 13.8 Å². The number of carbonyl (C=O) groups excluding carboxylic acids is 2. The Balaban J connectivity index is 2.35. The van der Waals surface area contributed by atoms with Gasteiger partial charge in [0.1, 0.15) is 0 Å². The predicted molar refractivity (Wildman–Crippen MR) is 107 cm³/mol. The Morgan fingerprint density at radius 3 is 1.88 bits per heavy atom. The molecule has 0 radical (unpaired) electrons. The summed E-state index contributed by atoms with van der Waals surface area (Å²) in [6, 6.07) is 20.3. The van der Waals surface area contributed by atoms with Gasteiger partial charge < -0.3 is 0 Å². The highest BCUT2D eigenvalue weighted by Gasteiger charge is 2.21. The zero-order chi connectivity index (χ0) is 18.8. The molecule has 26 heavy (non-hydrogen) atoms. The van der Waals surface area contributed by atoms with Crippen LogP contribution in [0.2, 0.25) is 0 Å². The van der Waals surface area contributed by atoms with Crippen molar-refractivity contribution in [1.29, 1.82) is 0 Å². The third kappa shape index (κ3) is 3.11. The molecule has 0 unspecified atom stereocenters. The van der Waals surface area contributed by atoms with Crippen molar-refractivity contribution < 1.29 is 9.59 Å². The summed E-state index contributed by atoms with van der Waals surface area (Å²) in [6.07, 6.45) is 0. The number of Topliss-reactive ketones (excluding diaryl/α,β-unsaturated/α-hetero) is 2. The van der Waals surface area contributed by atoms with Crippen molar-refractivity contribution >= 4 is 11.6 Å². The van der Waals surface area contributed by atoms with Gasteiger partial charge in [-0.1, -0.05) is 54.6 Å². The third-order valence-corrected chi connectivity index (χ3v) is 4.79. The van der Waals surface area contributed by atoms with E-state index in [0.29, 0.717) is 11.1 Å². The summed E-state index contributed by atoms with van der Waals surface area (Å²) in [5.74, 6) is -0.157. The van der Waals surface area contributed by atoms with Crippen molar-refractivity contribution in [1.82, 2.24) is 0 Å². The van der Waals surface area contributed by atoms with Gasteiger partial charge in [0.2, 0.25) is 0 Å². The maximum Gasteiger partial charge on any atom is 0.160 e. The van der Waals surface area contributed by atoms with Crippen LogP contribution in [0.3, 0.4) is 0 Å². The van der Waals surface area contributed by atoms with Crippen LogP contribution < -0.4 is 0 Å². The number of hydrogen-bond acceptors (Lipinski definition) is 2. The smallest absolute Gasteiger partial charge is 0.160 e. The Morgan fingerprint density at radius 2 is 1.31 bits per heavy atom. The number of benzene rings is 3. The molecule has 0 aliphatic heterocycles. The SMILES string of the molecule is CC(=O)c1cc(C)c(-c2ccccc2-c2ccccc2)c(C)c1C(C)=O. The maximum atomic E-state index is 12.3. The highest BCUT2D eigenvalue weighted by Crippen LogP contribution is 2.38. The van der Waals surface area contributed by atoms with Crippen molar-refractivity contribution in [3.63, 3.8) is 0 Å². The summed E-state index contributed by atoms with van der Waals surface area (Å²) in [7, 11) is 0. The van der Waals surface area contributed by atoms with Gasteiger partial charge in [-0.2, -0.15) is 0 Å². The Bertz CT molecular complexity index is 998. The van der Waals surface area contributed by atoms with Crippen LogP contribution >= 0.6 is 0 Å². The fraction of sp³-hybridized carbons (Fsp3) is 0.167. The summed E-state index contributed by atoms with van der Waals surface area (Å²) in [6.45, 7) is 6.98. The second kappa shape index (κ2) is 7.09. The lowest BCUT2D eigenvalue weighted by atomic mass is 9.84. The Kier molecular flexibility index (Phi) is 4.85. The fourth-order valence-electron chi connectivity index (χ4n) is 3.70. The van der Waals surface area contributed by atoms with Crippen LogP contribution in [0.15, 0.2) is 60.7 Å². The van der Waals surface area contributed by atoms with Crippen LogP contribution in [0.1, 0.15) is 45.7 Å². The summed E-state index contributed by atoms with van der Waals surface area (Å²) in [4.78, 5) is 24.3. The number of hydrogen-bond donors (Lipinski definition) is 0. The first-order chi connectivity index (χ1) is 12.4. The standard InChI is InChI=1S/C24H22O2/c1-15-14-22(17(3)25)24(18(4)26)16(2)23(15)21-13-9-8-12-20(21)19-10-6-5-7-11-19/h5-14H,1-4H3. The lowest BCUT2D eigenvalue weighted by Crippen LogP contribution is -2.09. The molecule has 0 N–H and O–H groups in total. The predicted octanol–water partition coefficient (Wildman–Crippen LogP) is 6.04. The molecule has 3 aromatic rings. The molecule has 2 heteroatoms. The van der Waals surface area contributed by atoms with Crippen LogP contribution in [0.25, 0.3) is 22.3 Å². The Morgan fingerprint density at radius 1 is 0.731 bits per heavy atom. The van der Waals surface area contributed by atoms with Gasteiger partial charge in [0.25, 0.3) is 0 Å². The van der Waals surface area contributed by atoms with Gasteiger partial charge in [0.15, 0.2) is 11.6 Å². The lowest BCUT2D eigenvalue weighted by molar-refractivity contribution is 0.0980. The lowest BCUT2D eigenvalue weighted by Gasteiger charge is -2.19. The van der Waals surface area contributed by atoms with Crippen LogP contribution in [0, 0.1) is 13.8 Å². The van der Waals surface area contributed by atoms with E-state index in [9.17, 15) is 9.59 Å². The zero-order valence-corrected chi connectivity index (χ0v) is 15.6. The molecule has 2 nitrogen and oxygen atoms in total. The molecule has 0 aliphatic rings. The molecule has 0 saturated carbocycles. The molecule has 0 aliphatic carbocycles. The van der Waals surface area contributed by atoms with Gasteiger partial charge in [0.05, 0.1) is 0 Å². The molecule has 0 bridgehead atoms. The van der Waals surface area contributed by atoms with Crippen LogP contribution in [0.5, 0.6) is 0 Å². The average Bonchev–Trinajstić information content (AvgIpc) is 2.62. The van der Waals surface area contributed by atoms with Gasteiger partial charge in [-0.25, -0.2) is 0 Å². The van der Waals surface area contributed by atoms with E-state index in [2.05, 4.69) is 24.3 Å². The highest BCUT2D eigenvalue weighted by molar-refractivity contribution is 6.10. The van der Waals surface area contributed by atoms with E-state index < -0.39 is 0 Å². The van der Waals surface area contributed by atoms with Crippen LogP contribution in [-0.4, -0.2) is 11.6 Å². The topological polar surface area (TPSA) is 34.1 Å². The minimum absolute atomic E-state index is 0.0776. The van der Waals surface area contributed by atoms with E-state index in [1.54, 1.807) is 0 Å². The van der Waals surface area contributed by atoms with E-state index in [4.69, 9.17) is 0 Å². The molecule has 0 heterocycles. The largest absolute Gasteiger partial charge is 0.294 e. The highest BCUT2D eigenvalue weighted by atomic mass is 16.1. The van der Waals surface area contributed by atoms with Crippen molar-refractivity contribution in [2.75, 3.05) is 0 Å². The molecule has 3 rings (SSSR count). The molecule has 0 atom stereocenters. The van der Waals surface area contributed by atoms with Crippen molar-refractivity contribution in [3.8, 4) is 22.3 Å². The third-order valence-electron chi connectivity index (χ3n) is 4.79. The average molecular weight is 342 g/mol. The van der Waals surface area contributed by atoms with Gasteiger partial charge >= 0.3 is 0 Å². The molecule has 0 amide bonds. The van der Waals surface area contributed by atoms with Crippen molar-refractivity contribution in [3.05, 3.63) is 82.9 Å². The first-order valence-electron chi connectivity index (χ1n) is 8.72. The fourth-order valence-corrected chi connectivity index (χ4v) is 3.70. The van der Waals surface area contributed by atoms with E-state index in [0.717, 1.165) is 33.4 Å². The molecule has 0 aromatic heterocycles. The molecule has 0 saturated heterocycles. The van der Waals surface area contributed by atoms with E-state index in [-0.39, 0.29) is 11.6 Å². The van der Waals surface area contributed by atoms with Crippen molar-refractivity contribution in [2.45, 2.75) is 27.7 Å². The van der Waals surface area contributed by atoms with E-state index in [1.807, 2.05) is 50.2 Å². The van der Waals surface area contributed by atoms with Crippen LogP contribution in [-0.2, 0) is 0 Å². The molecular formula is C24H22O2. The summed E-state index contributed by atoms with van der Waals surface area (Å²) in [5.41, 5.74) is 7.25. The van der Waals surface area contributed by atoms with Crippen LogP contribution in [0.4, 0.5) is 0 Å². The monoisotopic (exact) mass is 342 g/mol. The second-order valence-electron chi connectivity index (χ2n) is 6.64. The summed E-state index contributed by atoms with van der Waals surface area (Å²) < 4.78 is 0. The molecule has 3 aromatic carbocycles. The van der Waals surface area contributed by atoms with Gasteiger partial charge in [-0.05, 0) is 67.1 Å². The quantitative estimate of drug-likeness (QED) is 0.541. The molecular weight excluding hydrogens is 320 g/mol. The molecule has 0 fully saturated rings. The first-order valence-corrected chi connectivity index (χ1v) is 8.72. The van der Waals surface area contributed by atoms with Crippen molar-refractivity contribution in [2.24, 2.45) is 0 Å². The number of rotatable bonds is 4. The minimum Gasteiger partial charge on any atom is -0.294 e. The Hall–Kier alpha value is -3.00. The maximum absolute atomic E-state index is 12.3. The molecule has 130 valence electrons. The number of ketones is 2. The number of carbonyl (C=O) groups is 2. The first kappa shape index (κ1) is 17.8. The summed E-state index contributed by atoms with van der Waals surface area (Å²) in [5, 5.41) is 0. The summed E-state index contributed by atoms with van der Waals surface area (Å²) >= 11 is 0. The Labute approximate surface area is 154 Å². The zero-order valence-electron chi connectivity index (χ0n) is 15.6. The van der Waals surface area contributed by atoms with Gasteiger partial charge in [-0.3, -0.25) is 9.59 Å². The normalized spacial score (nSPS) is 10.6. The minimum atomic E-state index is -0.0794. The molecule has 0 spiro atoms. The van der Waals surface area contributed by atoms with Gasteiger partial charge in [0, 0.05) is 11.1 Å². The van der Waals surface area contributed by atoms with Gasteiger partial charge in [-0.15, -0.1) is 0 Å². The second-order valence-corrected chi connectivity index (χ2v) is 6.64.